The zero-order valence-corrected chi connectivity index (χ0v) is 9.76. The molecule has 0 radical (unpaired) electrons. The summed E-state index contributed by atoms with van der Waals surface area (Å²) in [7, 11) is 0. The van der Waals surface area contributed by atoms with Crippen molar-refractivity contribution in [2.45, 2.75) is 6.18 Å². The third-order valence-corrected chi connectivity index (χ3v) is 2.25. The highest BCUT2D eigenvalue weighted by atomic mass is 19.4. The van der Waals surface area contributed by atoms with E-state index in [1.54, 1.807) is 0 Å². The fraction of sp³-hybridized carbons (Fsp3) is 0.0833. The SMILES string of the molecule is O=C(O)c1ncccc1Oc1cc(C(F)(F)F)ccn1. The van der Waals surface area contributed by atoms with Crippen molar-refractivity contribution in [2.75, 3.05) is 0 Å². The molecule has 0 unspecified atom stereocenters. The number of aromatic nitrogens is 2. The average molecular weight is 284 g/mol. The highest BCUT2D eigenvalue weighted by Gasteiger charge is 2.31. The van der Waals surface area contributed by atoms with Crippen LogP contribution < -0.4 is 4.74 Å². The standard InChI is InChI=1S/C12H7F3N2O3/c13-12(14,15)7-3-5-16-9(6-7)20-8-2-1-4-17-10(8)11(18)19/h1-6H,(H,18,19). The van der Waals surface area contributed by atoms with Gasteiger partial charge in [-0.2, -0.15) is 13.2 Å². The summed E-state index contributed by atoms with van der Waals surface area (Å²) in [4.78, 5) is 18.1. The second-order valence-corrected chi connectivity index (χ2v) is 3.64. The Morgan fingerprint density at radius 2 is 1.95 bits per heavy atom. The van der Waals surface area contributed by atoms with Gasteiger partial charge in [-0.05, 0) is 18.2 Å². The molecule has 0 saturated carbocycles. The van der Waals surface area contributed by atoms with Crippen LogP contribution in [-0.4, -0.2) is 21.0 Å². The summed E-state index contributed by atoms with van der Waals surface area (Å²) in [5.41, 5.74) is -1.35. The monoisotopic (exact) mass is 284 g/mol. The fourth-order valence-corrected chi connectivity index (χ4v) is 1.39. The summed E-state index contributed by atoms with van der Waals surface area (Å²) in [6.45, 7) is 0. The number of carboxylic acid groups (broad SMARTS) is 1. The highest BCUT2D eigenvalue weighted by Crippen LogP contribution is 2.31. The van der Waals surface area contributed by atoms with Gasteiger partial charge >= 0.3 is 12.1 Å². The Hall–Kier alpha value is -2.64. The lowest BCUT2D eigenvalue weighted by Gasteiger charge is -2.09. The minimum Gasteiger partial charge on any atom is -0.476 e. The molecule has 5 nitrogen and oxygen atoms in total. The molecule has 2 aromatic heterocycles. The van der Waals surface area contributed by atoms with Crippen LogP contribution in [0.4, 0.5) is 13.2 Å². The lowest BCUT2D eigenvalue weighted by atomic mass is 10.2. The van der Waals surface area contributed by atoms with Crippen molar-refractivity contribution in [1.82, 2.24) is 9.97 Å². The Balaban J connectivity index is 2.34. The number of halogens is 3. The molecule has 0 atom stereocenters. The average Bonchev–Trinajstić information content (AvgIpc) is 2.38. The van der Waals surface area contributed by atoms with Gasteiger partial charge in [-0.25, -0.2) is 14.8 Å². The van der Waals surface area contributed by atoms with Crippen molar-refractivity contribution in [3.63, 3.8) is 0 Å². The van der Waals surface area contributed by atoms with Gasteiger partial charge in [0.2, 0.25) is 5.88 Å². The molecule has 2 aromatic rings. The molecule has 0 aliphatic rings. The number of nitrogens with zero attached hydrogens (tertiary/aromatic N) is 2. The van der Waals surface area contributed by atoms with Crippen LogP contribution in [0.5, 0.6) is 11.6 Å². The maximum atomic E-state index is 12.5. The molecule has 0 fully saturated rings. The van der Waals surface area contributed by atoms with Crippen molar-refractivity contribution >= 4 is 5.97 Å². The van der Waals surface area contributed by atoms with Crippen molar-refractivity contribution in [2.24, 2.45) is 0 Å². The van der Waals surface area contributed by atoms with Gasteiger partial charge in [-0.1, -0.05) is 0 Å². The Kier molecular flexibility index (Phi) is 3.55. The number of carboxylic acids is 1. The Labute approximate surface area is 110 Å². The molecule has 0 bridgehead atoms. The van der Waals surface area contributed by atoms with Gasteiger partial charge in [0.15, 0.2) is 11.4 Å². The summed E-state index contributed by atoms with van der Waals surface area (Å²) in [6.07, 6.45) is -2.38. The number of alkyl halides is 3. The first-order valence-electron chi connectivity index (χ1n) is 5.27. The van der Waals surface area contributed by atoms with E-state index < -0.39 is 23.4 Å². The van der Waals surface area contributed by atoms with Crippen molar-refractivity contribution in [3.05, 3.63) is 47.9 Å². The van der Waals surface area contributed by atoms with Crippen LogP contribution in [0.25, 0.3) is 0 Å². The Morgan fingerprint density at radius 3 is 2.60 bits per heavy atom. The number of pyridine rings is 2. The molecular formula is C12H7F3N2O3. The maximum Gasteiger partial charge on any atom is 0.416 e. The van der Waals surface area contributed by atoms with Gasteiger partial charge in [0.05, 0.1) is 5.56 Å². The van der Waals surface area contributed by atoms with Gasteiger partial charge in [0, 0.05) is 18.5 Å². The van der Waals surface area contributed by atoms with Crippen LogP contribution in [-0.2, 0) is 6.18 Å². The predicted molar refractivity (Wildman–Crippen MR) is 60.5 cm³/mol. The lowest BCUT2D eigenvalue weighted by Crippen LogP contribution is -2.06. The summed E-state index contributed by atoms with van der Waals surface area (Å²) in [5.74, 6) is -1.91. The number of rotatable bonds is 3. The van der Waals surface area contributed by atoms with Gasteiger partial charge in [-0.15, -0.1) is 0 Å². The molecule has 0 saturated heterocycles. The van der Waals surface area contributed by atoms with E-state index in [2.05, 4.69) is 9.97 Å². The van der Waals surface area contributed by atoms with E-state index >= 15 is 0 Å². The first-order valence-corrected chi connectivity index (χ1v) is 5.27. The zero-order chi connectivity index (χ0) is 14.8. The summed E-state index contributed by atoms with van der Waals surface area (Å²) in [5, 5.41) is 8.88. The minimum absolute atomic E-state index is 0.188. The van der Waals surface area contributed by atoms with E-state index in [-0.39, 0.29) is 11.6 Å². The molecule has 0 aliphatic heterocycles. The predicted octanol–water partition coefficient (Wildman–Crippen LogP) is 2.99. The topological polar surface area (TPSA) is 72.3 Å². The molecule has 1 N–H and O–H groups in total. The van der Waals surface area contributed by atoms with Gasteiger partial charge in [0.1, 0.15) is 0 Å². The van der Waals surface area contributed by atoms with Crippen LogP contribution in [0, 0.1) is 0 Å². The third-order valence-electron chi connectivity index (χ3n) is 2.25. The molecular weight excluding hydrogens is 277 g/mol. The summed E-state index contributed by atoms with van der Waals surface area (Å²) >= 11 is 0. The second kappa shape index (κ2) is 5.16. The second-order valence-electron chi connectivity index (χ2n) is 3.64. The number of hydrogen-bond donors (Lipinski definition) is 1. The quantitative estimate of drug-likeness (QED) is 0.938. The molecule has 104 valence electrons. The van der Waals surface area contributed by atoms with E-state index in [4.69, 9.17) is 9.84 Å². The van der Waals surface area contributed by atoms with E-state index in [0.717, 1.165) is 12.3 Å². The fourth-order valence-electron chi connectivity index (χ4n) is 1.39. The van der Waals surface area contributed by atoms with Gasteiger partial charge < -0.3 is 9.84 Å². The molecule has 8 heteroatoms. The Morgan fingerprint density at radius 1 is 1.20 bits per heavy atom. The van der Waals surface area contributed by atoms with Crippen LogP contribution in [0.15, 0.2) is 36.7 Å². The molecule has 20 heavy (non-hydrogen) atoms. The summed E-state index contributed by atoms with van der Waals surface area (Å²) < 4.78 is 42.6. The van der Waals surface area contributed by atoms with E-state index in [1.807, 2.05) is 0 Å². The first-order chi connectivity index (χ1) is 9.38. The smallest absolute Gasteiger partial charge is 0.416 e. The van der Waals surface area contributed by atoms with Crippen molar-refractivity contribution in [1.29, 1.82) is 0 Å². The van der Waals surface area contributed by atoms with Crippen molar-refractivity contribution in [3.8, 4) is 11.6 Å². The molecule has 2 heterocycles. The highest BCUT2D eigenvalue weighted by molar-refractivity contribution is 5.88. The number of ether oxygens (including phenoxy) is 1. The van der Waals surface area contributed by atoms with E-state index in [0.29, 0.717) is 6.07 Å². The number of carbonyl (C=O) groups is 1. The van der Waals surface area contributed by atoms with Crippen LogP contribution in [0.2, 0.25) is 0 Å². The molecule has 0 aliphatic carbocycles. The van der Waals surface area contributed by atoms with Crippen LogP contribution in [0.3, 0.4) is 0 Å². The molecule has 0 spiro atoms. The van der Waals surface area contributed by atoms with Crippen molar-refractivity contribution < 1.29 is 27.8 Å². The van der Waals surface area contributed by atoms with E-state index in [9.17, 15) is 18.0 Å². The molecule has 2 rings (SSSR count). The van der Waals surface area contributed by atoms with Gasteiger partial charge in [-0.3, -0.25) is 0 Å². The summed E-state index contributed by atoms with van der Waals surface area (Å²) in [6, 6.07) is 4.14. The third kappa shape index (κ3) is 3.02. The van der Waals surface area contributed by atoms with Crippen LogP contribution >= 0.6 is 0 Å². The number of aromatic carboxylic acids is 1. The largest absolute Gasteiger partial charge is 0.476 e. The maximum absolute atomic E-state index is 12.5. The first kappa shape index (κ1) is 13.8. The minimum atomic E-state index is -4.54. The molecule has 0 amide bonds. The van der Waals surface area contributed by atoms with E-state index in [1.165, 1.54) is 18.3 Å². The normalized spacial score (nSPS) is 11.2. The lowest BCUT2D eigenvalue weighted by molar-refractivity contribution is -0.137. The van der Waals surface area contributed by atoms with Gasteiger partial charge in [0.25, 0.3) is 0 Å². The van der Waals surface area contributed by atoms with Crippen LogP contribution in [0.1, 0.15) is 16.1 Å². The Bertz CT molecular complexity index is 644. The number of hydrogen-bond acceptors (Lipinski definition) is 4. The zero-order valence-electron chi connectivity index (χ0n) is 9.76. The molecule has 0 aromatic carbocycles.